The van der Waals surface area contributed by atoms with Crippen molar-refractivity contribution in [3.8, 4) is 17.6 Å². The van der Waals surface area contributed by atoms with E-state index in [2.05, 4.69) is 32.9 Å². The number of allylic oxidation sites excluding steroid dienone is 2. The molecule has 2 N–H and O–H groups in total. The summed E-state index contributed by atoms with van der Waals surface area (Å²) >= 11 is 0. The average Bonchev–Trinajstić information content (AvgIpc) is 2.60. The second-order valence-corrected chi connectivity index (χ2v) is 8.66. The number of carboxylic acid groups (broad SMARTS) is 1. The summed E-state index contributed by atoms with van der Waals surface area (Å²) in [4.78, 5) is 11.8. The predicted octanol–water partition coefficient (Wildman–Crippen LogP) is 5.26. The molecule has 0 saturated heterocycles. The lowest BCUT2D eigenvalue weighted by atomic mass is 9.67. The van der Waals surface area contributed by atoms with Crippen LogP contribution in [0.25, 0.3) is 0 Å². The maximum Gasteiger partial charge on any atom is 0.310 e. The molecule has 1 heterocycles. The zero-order valence-electron chi connectivity index (χ0n) is 16.9. The standard InChI is InChI=1S/C23H29NO4/c1-14-8-9-18-17(11-14)21-19(25)12-15(13-20(21)28-23(18,2)3)16(22(26)27)7-5-4-6-10-24/h8,12-13,16-18,25H,4-7,9,11H2,1-3H3,(H,26,27)/t16?,17-,18-/m1/s1. The van der Waals surface area contributed by atoms with Crippen LogP contribution in [-0.4, -0.2) is 21.8 Å². The number of aromatic hydroxyl groups is 1. The quantitative estimate of drug-likeness (QED) is 0.517. The lowest BCUT2D eigenvalue weighted by Gasteiger charge is -2.47. The third-order valence-electron chi connectivity index (χ3n) is 6.26. The first-order valence-electron chi connectivity index (χ1n) is 10.1. The number of nitrogens with zero attached hydrogens (tertiary/aromatic N) is 1. The Hall–Kier alpha value is -2.48. The molecule has 2 aliphatic rings. The number of rotatable bonds is 6. The Morgan fingerprint density at radius 3 is 2.82 bits per heavy atom. The molecule has 0 amide bonds. The van der Waals surface area contributed by atoms with Crippen molar-refractivity contribution in [1.82, 2.24) is 0 Å². The normalized spacial score (nSPS) is 23.4. The van der Waals surface area contributed by atoms with Gasteiger partial charge in [-0.2, -0.15) is 5.26 Å². The van der Waals surface area contributed by atoms with Crippen molar-refractivity contribution < 1.29 is 19.7 Å². The number of phenols is 1. The van der Waals surface area contributed by atoms with Crippen molar-refractivity contribution in [1.29, 1.82) is 5.26 Å². The maximum atomic E-state index is 11.8. The van der Waals surface area contributed by atoms with Gasteiger partial charge < -0.3 is 14.9 Å². The second kappa shape index (κ2) is 7.87. The van der Waals surface area contributed by atoms with Gasteiger partial charge in [0.15, 0.2) is 0 Å². The van der Waals surface area contributed by atoms with Crippen LogP contribution in [0, 0.1) is 17.2 Å². The van der Waals surface area contributed by atoms with Gasteiger partial charge >= 0.3 is 5.97 Å². The molecule has 150 valence electrons. The summed E-state index contributed by atoms with van der Waals surface area (Å²) < 4.78 is 6.29. The molecule has 0 radical (unpaired) electrons. The fraction of sp³-hybridized carbons (Fsp3) is 0.565. The largest absolute Gasteiger partial charge is 0.508 e. The Balaban J connectivity index is 1.96. The van der Waals surface area contributed by atoms with E-state index in [1.807, 2.05) is 6.07 Å². The Labute approximate surface area is 166 Å². The SMILES string of the molecule is CC1=CC[C@@H]2[C@@H](C1)c1c(O)cc(C(CCCCC#N)C(=O)O)cc1OC2(C)C. The molecule has 1 aliphatic carbocycles. The number of benzene rings is 1. The summed E-state index contributed by atoms with van der Waals surface area (Å²) in [5.74, 6) is -0.429. The number of unbranched alkanes of at least 4 members (excludes halogenated alkanes) is 2. The van der Waals surface area contributed by atoms with Gasteiger partial charge in [0.05, 0.1) is 12.0 Å². The zero-order valence-corrected chi connectivity index (χ0v) is 16.9. The fourth-order valence-corrected chi connectivity index (χ4v) is 4.77. The van der Waals surface area contributed by atoms with Gasteiger partial charge in [-0.3, -0.25) is 4.79 Å². The molecule has 0 spiro atoms. The van der Waals surface area contributed by atoms with E-state index in [1.54, 1.807) is 6.07 Å². The zero-order chi connectivity index (χ0) is 20.5. The van der Waals surface area contributed by atoms with Crippen LogP contribution in [0.2, 0.25) is 0 Å². The van der Waals surface area contributed by atoms with E-state index in [-0.39, 0.29) is 23.2 Å². The van der Waals surface area contributed by atoms with Crippen molar-refractivity contribution in [2.45, 2.75) is 76.7 Å². The number of hydrogen-bond donors (Lipinski definition) is 2. The van der Waals surface area contributed by atoms with Crippen LogP contribution in [0.5, 0.6) is 11.5 Å². The third-order valence-corrected chi connectivity index (χ3v) is 6.26. The van der Waals surface area contributed by atoms with E-state index in [1.165, 1.54) is 5.57 Å². The highest BCUT2D eigenvalue weighted by atomic mass is 16.5. The van der Waals surface area contributed by atoms with Gasteiger partial charge in [-0.05, 0) is 64.2 Å². The maximum absolute atomic E-state index is 11.8. The molecule has 0 fully saturated rings. The van der Waals surface area contributed by atoms with Gasteiger partial charge in [0.2, 0.25) is 0 Å². The van der Waals surface area contributed by atoms with Gasteiger partial charge in [-0.15, -0.1) is 0 Å². The minimum Gasteiger partial charge on any atom is -0.508 e. The number of hydrogen-bond acceptors (Lipinski definition) is 4. The first-order chi connectivity index (χ1) is 13.2. The number of carbonyl (C=O) groups is 1. The molecule has 0 saturated carbocycles. The topological polar surface area (TPSA) is 90.5 Å². The van der Waals surface area contributed by atoms with E-state index >= 15 is 0 Å². The molecule has 1 aliphatic heterocycles. The van der Waals surface area contributed by atoms with Crippen molar-refractivity contribution in [2.24, 2.45) is 5.92 Å². The van der Waals surface area contributed by atoms with Gasteiger partial charge in [0.1, 0.15) is 17.1 Å². The van der Waals surface area contributed by atoms with Crippen LogP contribution in [0.1, 0.15) is 82.3 Å². The number of phenolic OH excluding ortho intramolecular Hbond substituents is 1. The molecule has 5 nitrogen and oxygen atoms in total. The highest BCUT2D eigenvalue weighted by Gasteiger charge is 2.46. The minimum atomic E-state index is -0.916. The van der Waals surface area contributed by atoms with Crippen LogP contribution in [0.4, 0.5) is 0 Å². The summed E-state index contributed by atoms with van der Waals surface area (Å²) in [7, 11) is 0. The van der Waals surface area contributed by atoms with Crippen molar-refractivity contribution in [3.05, 3.63) is 34.9 Å². The summed E-state index contributed by atoms with van der Waals surface area (Å²) in [5.41, 5.74) is 2.31. The van der Waals surface area contributed by atoms with E-state index in [0.717, 1.165) is 18.4 Å². The van der Waals surface area contributed by atoms with E-state index < -0.39 is 11.9 Å². The summed E-state index contributed by atoms with van der Waals surface area (Å²) in [6.07, 6.45) is 6.25. The highest BCUT2D eigenvalue weighted by Crippen LogP contribution is 2.54. The van der Waals surface area contributed by atoms with Crippen LogP contribution in [0.3, 0.4) is 0 Å². The highest BCUT2D eigenvalue weighted by molar-refractivity contribution is 5.77. The Kier molecular flexibility index (Phi) is 5.69. The number of carboxylic acids is 1. The van der Waals surface area contributed by atoms with Gasteiger partial charge in [0, 0.05) is 23.8 Å². The fourth-order valence-electron chi connectivity index (χ4n) is 4.77. The van der Waals surface area contributed by atoms with E-state index in [4.69, 9.17) is 10.00 Å². The molecule has 3 atom stereocenters. The van der Waals surface area contributed by atoms with Gasteiger partial charge in [0.25, 0.3) is 0 Å². The Morgan fingerprint density at radius 2 is 2.14 bits per heavy atom. The molecule has 1 aromatic carbocycles. The number of aliphatic carboxylic acids is 1. The Morgan fingerprint density at radius 1 is 1.39 bits per heavy atom. The van der Waals surface area contributed by atoms with Gasteiger partial charge in [-0.1, -0.05) is 18.1 Å². The van der Waals surface area contributed by atoms with Crippen molar-refractivity contribution in [2.75, 3.05) is 0 Å². The predicted molar refractivity (Wildman–Crippen MR) is 106 cm³/mol. The molecular weight excluding hydrogens is 354 g/mol. The lowest BCUT2D eigenvalue weighted by molar-refractivity contribution is -0.139. The Bertz CT molecular complexity index is 834. The number of nitriles is 1. The molecule has 1 unspecified atom stereocenters. The molecule has 0 aromatic heterocycles. The van der Waals surface area contributed by atoms with Gasteiger partial charge in [-0.25, -0.2) is 0 Å². The van der Waals surface area contributed by atoms with E-state index in [0.29, 0.717) is 37.0 Å². The smallest absolute Gasteiger partial charge is 0.310 e. The molecule has 0 bridgehead atoms. The second-order valence-electron chi connectivity index (χ2n) is 8.66. The first-order valence-corrected chi connectivity index (χ1v) is 10.1. The summed E-state index contributed by atoms with van der Waals surface area (Å²) in [6.45, 7) is 6.26. The van der Waals surface area contributed by atoms with Crippen LogP contribution in [0.15, 0.2) is 23.8 Å². The summed E-state index contributed by atoms with van der Waals surface area (Å²) in [6, 6.07) is 5.50. The minimum absolute atomic E-state index is 0.135. The number of ether oxygens (including phenoxy) is 1. The molecule has 28 heavy (non-hydrogen) atoms. The lowest BCUT2D eigenvalue weighted by Crippen LogP contribution is -2.45. The average molecular weight is 383 g/mol. The van der Waals surface area contributed by atoms with Crippen molar-refractivity contribution >= 4 is 5.97 Å². The van der Waals surface area contributed by atoms with Crippen LogP contribution < -0.4 is 4.74 Å². The molecular formula is C23H29NO4. The number of fused-ring (bicyclic) bond motifs is 3. The summed E-state index contributed by atoms with van der Waals surface area (Å²) in [5, 5.41) is 29.2. The van der Waals surface area contributed by atoms with Crippen LogP contribution in [-0.2, 0) is 4.79 Å². The van der Waals surface area contributed by atoms with E-state index in [9.17, 15) is 15.0 Å². The van der Waals surface area contributed by atoms with Crippen LogP contribution >= 0.6 is 0 Å². The monoisotopic (exact) mass is 383 g/mol. The third kappa shape index (κ3) is 3.87. The molecule has 3 rings (SSSR count). The van der Waals surface area contributed by atoms with Crippen molar-refractivity contribution in [3.63, 3.8) is 0 Å². The molecule has 1 aromatic rings. The molecule has 5 heteroatoms. The first kappa shape index (κ1) is 20.3.